The summed E-state index contributed by atoms with van der Waals surface area (Å²) in [6.45, 7) is 0. The van der Waals surface area contributed by atoms with Crippen LogP contribution >= 0.6 is 0 Å². The average molecular weight is 260 g/mol. The average Bonchev–Trinajstić information content (AvgIpc) is 2.49. The molecule has 6 heteroatoms. The maximum atomic E-state index is 5.63. The number of nitrogens with zero attached hydrogens (tertiary/aromatic N) is 2. The van der Waals surface area contributed by atoms with E-state index in [-0.39, 0.29) is 6.04 Å². The van der Waals surface area contributed by atoms with Crippen LogP contribution < -0.4 is 20.7 Å². The molecule has 0 bridgehead atoms. The second-order valence-electron chi connectivity index (χ2n) is 3.82. The number of hydrazine groups is 1. The van der Waals surface area contributed by atoms with E-state index in [0.29, 0.717) is 17.5 Å². The van der Waals surface area contributed by atoms with Crippen LogP contribution in [0, 0.1) is 0 Å². The van der Waals surface area contributed by atoms with Gasteiger partial charge in [0, 0.05) is 0 Å². The summed E-state index contributed by atoms with van der Waals surface area (Å²) in [4.78, 5) is 8.51. The summed E-state index contributed by atoms with van der Waals surface area (Å²) >= 11 is 0. The first-order valence-electron chi connectivity index (χ1n) is 5.76. The Bertz CT molecular complexity index is 533. The highest BCUT2D eigenvalue weighted by molar-refractivity contribution is 5.34. The second-order valence-corrected chi connectivity index (χ2v) is 3.82. The summed E-state index contributed by atoms with van der Waals surface area (Å²) in [5, 5.41) is 0. The van der Waals surface area contributed by atoms with Gasteiger partial charge in [0.05, 0.1) is 26.5 Å². The molecule has 1 heterocycles. The van der Waals surface area contributed by atoms with Crippen molar-refractivity contribution in [3.05, 3.63) is 47.8 Å². The molecule has 3 N–H and O–H groups in total. The maximum Gasteiger partial charge on any atom is 0.240 e. The van der Waals surface area contributed by atoms with E-state index < -0.39 is 0 Å². The number of aromatic nitrogens is 2. The number of nitrogens with two attached hydrogens (primary N) is 1. The summed E-state index contributed by atoms with van der Waals surface area (Å²) in [6, 6.07) is 9.42. The molecule has 1 unspecified atom stereocenters. The molecule has 0 aliphatic rings. The number of rotatable bonds is 5. The van der Waals surface area contributed by atoms with Crippen molar-refractivity contribution < 1.29 is 9.47 Å². The van der Waals surface area contributed by atoms with E-state index in [2.05, 4.69) is 15.4 Å². The fourth-order valence-corrected chi connectivity index (χ4v) is 1.79. The van der Waals surface area contributed by atoms with E-state index in [9.17, 15) is 0 Å². The fourth-order valence-electron chi connectivity index (χ4n) is 1.79. The first-order valence-corrected chi connectivity index (χ1v) is 5.76. The van der Waals surface area contributed by atoms with Crippen molar-refractivity contribution in [2.24, 2.45) is 5.84 Å². The fraction of sp³-hybridized carbons (Fsp3) is 0.231. The maximum absolute atomic E-state index is 5.63. The van der Waals surface area contributed by atoms with Gasteiger partial charge in [0.15, 0.2) is 0 Å². The van der Waals surface area contributed by atoms with E-state index in [1.54, 1.807) is 0 Å². The summed E-state index contributed by atoms with van der Waals surface area (Å²) < 4.78 is 10.3. The molecule has 100 valence electrons. The third-order valence-corrected chi connectivity index (χ3v) is 2.72. The molecule has 1 aromatic carbocycles. The Morgan fingerprint density at radius 1 is 1.16 bits per heavy atom. The molecule has 0 amide bonds. The van der Waals surface area contributed by atoms with Gasteiger partial charge in [0.2, 0.25) is 11.8 Å². The number of nitrogens with one attached hydrogen (secondary N) is 1. The van der Waals surface area contributed by atoms with Crippen molar-refractivity contribution in [3.8, 4) is 11.8 Å². The summed E-state index contributed by atoms with van der Waals surface area (Å²) in [5.74, 6) is 6.40. The molecular formula is C13H16N4O2. The number of hydrogen-bond acceptors (Lipinski definition) is 6. The third kappa shape index (κ3) is 2.81. The van der Waals surface area contributed by atoms with Gasteiger partial charge in [-0.25, -0.2) is 10.4 Å². The van der Waals surface area contributed by atoms with Crippen LogP contribution in [-0.4, -0.2) is 24.2 Å². The zero-order valence-corrected chi connectivity index (χ0v) is 10.8. The van der Waals surface area contributed by atoms with E-state index >= 15 is 0 Å². The minimum absolute atomic E-state index is 0.297. The lowest BCUT2D eigenvalue weighted by Gasteiger charge is -2.17. The minimum Gasteiger partial charge on any atom is -0.480 e. The third-order valence-electron chi connectivity index (χ3n) is 2.72. The molecule has 0 radical (unpaired) electrons. The van der Waals surface area contributed by atoms with Crippen molar-refractivity contribution in [2.45, 2.75) is 6.04 Å². The quantitative estimate of drug-likeness (QED) is 0.617. The molecule has 0 aliphatic carbocycles. The molecule has 6 nitrogen and oxygen atoms in total. The Hall–Kier alpha value is -2.18. The lowest BCUT2D eigenvalue weighted by molar-refractivity contribution is 0.352. The van der Waals surface area contributed by atoms with E-state index in [4.69, 9.17) is 15.3 Å². The van der Waals surface area contributed by atoms with Crippen molar-refractivity contribution in [1.29, 1.82) is 0 Å². The number of hydrogen-bond donors (Lipinski definition) is 2. The summed E-state index contributed by atoms with van der Waals surface area (Å²) in [5.41, 5.74) is 4.31. The van der Waals surface area contributed by atoms with Gasteiger partial charge in [-0.05, 0) is 5.56 Å². The Morgan fingerprint density at radius 2 is 1.89 bits per heavy atom. The molecule has 0 saturated carbocycles. The van der Waals surface area contributed by atoms with Crippen LogP contribution in [0.5, 0.6) is 11.8 Å². The number of benzene rings is 1. The predicted molar refractivity (Wildman–Crippen MR) is 70.7 cm³/mol. The van der Waals surface area contributed by atoms with Gasteiger partial charge in [0.1, 0.15) is 5.69 Å². The van der Waals surface area contributed by atoms with Crippen molar-refractivity contribution in [2.75, 3.05) is 14.2 Å². The van der Waals surface area contributed by atoms with E-state index in [1.165, 1.54) is 20.4 Å². The molecule has 2 rings (SSSR count). The Morgan fingerprint density at radius 3 is 2.47 bits per heavy atom. The molecule has 0 fully saturated rings. The first kappa shape index (κ1) is 13.3. The monoisotopic (exact) mass is 260 g/mol. The molecule has 2 aromatic rings. The Balaban J connectivity index is 2.43. The topological polar surface area (TPSA) is 82.3 Å². The summed E-state index contributed by atoms with van der Waals surface area (Å²) in [7, 11) is 3.06. The molecule has 19 heavy (non-hydrogen) atoms. The SMILES string of the molecule is COc1cnc(C(NN)c2ccccc2)c(OC)n1. The zero-order chi connectivity index (χ0) is 13.7. The van der Waals surface area contributed by atoms with Crippen LogP contribution in [0.2, 0.25) is 0 Å². The van der Waals surface area contributed by atoms with Gasteiger partial charge < -0.3 is 9.47 Å². The first-order chi connectivity index (χ1) is 9.30. The van der Waals surface area contributed by atoms with Gasteiger partial charge in [-0.1, -0.05) is 30.3 Å². The lowest BCUT2D eigenvalue weighted by Crippen LogP contribution is -2.30. The van der Waals surface area contributed by atoms with Crippen molar-refractivity contribution in [3.63, 3.8) is 0 Å². The van der Waals surface area contributed by atoms with E-state index in [0.717, 1.165) is 5.56 Å². The molecule has 0 aliphatic heterocycles. The minimum atomic E-state index is -0.297. The van der Waals surface area contributed by atoms with Gasteiger partial charge in [-0.2, -0.15) is 4.98 Å². The Labute approximate surface area is 111 Å². The van der Waals surface area contributed by atoms with Gasteiger partial charge in [0.25, 0.3) is 0 Å². The van der Waals surface area contributed by atoms with E-state index in [1.807, 2.05) is 30.3 Å². The summed E-state index contributed by atoms with van der Waals surface area (Å²) in [6.07, 6.45) is 1.53. The number of methoxy groups -OCH3 is 2. The van der Waals surface area contributed by atoms with Crippen LogP contribution in [0.15, 0.2) is 36.5 Å². The van der Waals surface area contributed by atoms with Gasteiger partial charge >= 0.3 is 0 Å². The smallest absolute Gasteiger partial charge is 0.240 e. The van der Waals surface area contributed by atoms with Crippen molar-refractivity contribution >= 4 is 0 Å². The van der Waals surface area contributed by atoms with Gasteiger partial charge in [-0.3, -0.25) is 5.84 Å². The lowest BCUT2D eigenvalue weighted by atomic mass is 10.0. The second kappa shape index (κ2) is 6.12. The molecule has 1 atom stereocenters. The van der Waals surface area contributed by atoms with Crippen molar-refractivity contribution in [1.82, 2.24) is 15.4 Å². The standard InChI is InChI=1S/C13H16N4O2/c1-18-10-8-15-12(13(16-10)19-2)11(17-14)9-6-4-3-5-7-9/h3-8,11,17H,14H2,1-2H3. The Kier molecular flexibility index (Phi) is 4.27. The molecular weight excluding hydrogens is 244 g/mol. The van der Waals surface area contributed by atoms with Gasteiger partial charge in [-0.15, -0.1) is 0 Å². The largest absolute Gasteiger partial charge is 0.480 e. The highest BCUT2D eigenvalue weighted by atomic mass is 16.5. The van der Waals surface area contributed by atoms with Crippen LogP contribution in [0.4, 0.5) is 0 Å². The normalized spacial score (nSPS) is 11.9. The van der Waals surface area contributed by atoms with Crippen LogP contribution in [0.1, 0.15) is 17.3 Å². The van der Waals surface area contributed by atoms with Crippen LogP contribution in [0.3, 0.4) is 0 Å². The van der Waals surface area contributed by atoms with Crippen LogP contribution in [-0.2, 0) is 0 Å². The highest BCUT2D eigenvalue weighted by Gasteiger charge is 2.20. The van der Waals surface area contributed by atoms with Crippen LogP contribution in [0.25, 0.3) is 0 Å². The molecule has 1 aromatic heterocycles. The highest BCUT2D eigenvalue weighted by Crippen LogP contribution is 2.27. The zero-order valence-electron chi connectivity index (χ0n) is 10.8. The predicted octanol–water partition coefficient (Wildman–Crippen LogP) is 1.05. The molecule has 0 spiro atoms. The number of ether oxygens (including phenoxy) is 2. The molecule has 0 saturated heterocycles.